The van der Waals surface area contributed by atoms with Gasteiger partial charge in [0.1, 0.15) is 17.2 Å². The topological polar surface area (TPSA) is 48.4 Å². The van der Waals surface area contributed by atoms with Crippen molar-refractivity contribution in [2.24, 2.45) is 0 Å². The Morgan fingerprint density at radius 2 is 1.68 bits per heavy atom. The minimum atomic E-state index is -0.750. The second-order valence-corrected chi connectivity index (χ2v) is 9.29. The Morgan fingerprint density at radius 3 is 2.32 bits per heavy atom. The SMILES string of the molecule is COC(=O)c1cc2nc(-c3ccc(OCc4ccccc4)cc3)ccc2s1.ClB(Cl)Cl. The van der Waals surface area contributed by atoms with Gasteiger partial charge in [0, 0.05) is 5.56 Å². The number of carbonyl (C=O) groups is 1. The molecule has 0 bridgehead atoms. The minimum Gasteiger partial charge on any atom is -0.489 e. The highest BCUT2D eigenvalue weighted by molar-refractivity contribution is 7.54. The van der Waals surface area contributed by atoms with Gasteiger partial charge < -0.3 is 9.47 Å². The van der Waals surface area contributed by atoms with Gasteiger partial charge >= 0.3 is 10.9 Å². The van der Waals surface area contributed by atoms with Crippen LogP contribution in [0.3, 0.4) is 0 Å². The zero-order valence-electron chi connectivity index (χ0n) is 16.4. The minimum absolute atomic E-state index is 0.334. The smallest absolute Gasteiger partial charge is 0.450 e. The number of methoxy groups -OCH3 is 1. The average Bonchev–Trinajstić information content (AvgIpc) is 3.21. The Labute approximate surface area is 199 Å². The highest BCUT2D eigenvalue weighted by atomic mass is 35.6. The molecule has 2 heterocycles. The number of nitrogens with zero attached hydrogens (tertiary/aromatic N) is 1. The number of thiophene rings is 1. The fraction of sp³-hybridized carbons (Fsp3) is 0.0909. The van der Waals surface area contributed by atoms with Crippen LogP contribution >= 0.6 is 45.7 Å². The summed E-state index contributed by atoms with van der Waals surface area (Å²) in [7, 11) is 1.38. The number of hydrogen-bond donors (Lipinski definition) is 0. The first-order chi connectivity index (χ1) is 15.0. The molecule has 0 radical (unpaired) electrons. The highest BCUT2D eigenvalue weighted by Crippen LogP contribution is 2.28. The molecule has 31 heavy (non-hydrogen) atoms. The van der Waals surface area contributed by atoms with Crippen LogP contribution in [0.4, 0.5) is 0 Å². The molecule has 0 saturated heterocycles. The molecule has 9 heteroatoms. The summed E-state index contributed by atoms with van der Waals surface area (Å²) in [5.41, 5.74) is 3.77. The third kappa shape index (κ3) is 6.87. The van der Waals surface area contributed by atoms with E-state index in [2.05, 4.69) is 4.98 Å². The van der Waals surface area contributed by atoms with Crippen molar-refractivity contribution in [2.45, 2.75) is 6.61 Å². The quantitative estimate of drug-likeness (QED) is 0.222. The second kappa shape index (κ2) is 11.4. The summed E-state index contributed by atoms with van der Waals surface area (Å²) in [6, 6.07) is 23.6. The molecule has 0 unspecified atom stereocenters. The maximum absolute atomic E-state index is 11.7. The molecule has 0 amide bonds. The van der Waals surface area contributed by atoms with Crippen molar-refractivity contribution in [3.63, 3.8) is 0 Å². The molecular formula is C22H17BCl3NO3S. The van der Waals surface area contributed by atoms with Crippen molar-refractivity contribution in [1.29, 1.82) is 0 Å². The Bertz CT molecular complexity index is 1140. The number of benzene rings is 2. The molecule has 158 valence electrons. The van der Waals surface area contributed by atoms with Crippen molar-refractivity contribution in [3.05, 3.63) is 83.2 Å². The fourth-order valence-corrected chi connectivity index (χ4v) is 3.67. The molecule has 0 aliphatic rings. The van der Waals surface area contributed by atoms with E-state index in [9.17, 15) is 4.79 Å². The van der Waals surface area contributed by atoms with Crippen LogP contribution in [0, 0.1) is 0 Å². The number of ether oxygens (including phenoxy) is 2. The number of aromatic nitrogens is 1. The van der Waals surface area contributed by atoms with Crippen molar-refractivity contribution < 1.29 is 14.3 Å². The summed E-state index contributed by atoms with van der Waals surface area (Å²) in [6.45, 7) is 0.537. The van der Waals surface area contributed by atoms with Crippen LogP contribution < -0.4 is 4.74 Å². The third-order valence-electron chi connectivity index (χ3n) is 4.16. The Kier molecular flexibility index (Phi) is 8.61. The van der Waals surface area contributed by atoms with E-state index in [1.807, 2.05) is 66.7 Å². The monoisotopic (exact) mass is 491 g/mol. The summed E-state index contributed by atoms with van der Waals surface area (Å²) in [5, 5.41) is 0. The standard InChI is InChI=1S/C22H17NO3S.BCl3/c1-25-22(24)21-13-19-20(27-21)12-11-18(23-19)16-7-9-17(10-8-16)26-14-15-5-3-2-4-6-15;2-1(3)4/h2-13H,14H2,1H3;. The summed E-state index contributed by atoms with van der Waals surface area (Å²) in [4.78, 5) is 16.2. The van der Waals surface area contributed by atoms with E-state index in [0.717, 1.165) is 32.8 Å². The zero-order valence-corrected chi connectivity index (χ0v) is 19.5. The molecule has 0 atom stereocenters. The van der Waals surface area contributed by atoms with Crippen molar-refractivity contribution in [3.8, 4) is 17.0 Å². The molecular weight excluding hydrogens is 475 g/mol. The van der Waals surface area contributed by atoms with E-state index in [1.54, 1.807) is 6.07 Å². The lowest BCUT2D eigenvalue weighted by Crippen LogP contribution is -1.96. The van der Waals surface area contributed by atoms with Gasteiger partial charge in [0.2, 0.25) is 0 Å². The van der Waals surface area contributed by atoms with Gasteiger partial charge in [-0.25, -0.2) is 9.78 Å². The molecule has 2 aromatic heterocycles. The zero-order chi connectivity index (χ0) is 22.2. The normalized spacial score (nSPS) is 10.2. The average molecular weight is 493 g/mol. The van der Waals surface area contributed by atoms with E-state index < -0.39 is 4.96 Å². The lowest BCUT2D eigenvalue weighted by molar-refractivity contribution is 0.0606. The Morgan fingerprint density at radius 1 is 1.00 bits per heavy atom. The van der Waals surface area contributed by atoms with E-state index in [0.29, 0.717) is 11.5 Å². The van der Waals surface area contributed by atoms with Crippen LogP contribution in [0.5, 0.6) is 5.75 Å². The molecule has 0 aliphatic carbocycles. The van der Waals surface area contributed by atoms with Gasteiger partial charge in [-0.05, 0) is 48.0 Å². The van der Waals surface area contributed by atoms with E-state index in [-0.39, 0.29) is 5.97 Å². The number of pyridine rings is 1. The number of rotatable bonds is 5. The van der Waals surface area contributed by atoms with Gasteiger partial charge in [0.25, 0.3) is 0 Å². The number of carbonyl (C=O) groups excluding carboxylic acids is 1. The second-order valence-electron chi connectivity index (χ2n) is 6.23. The van der Waals surface area contributed by atoms with E-state index in [1.165, 1.54) is 18.4 Å². The predicted octanol–water partition coefficient (Wildman–Crippen LogP) is 7.02. The van der Waals surface area contributed by atoms with Crippen molar-refractivity contribution in [1.82, 2.24) is 4.98 Å². The third-order valence-corrected chi connectivity index (χ3v) is 5.23. The van der Waals surface area contributed by atoms with Crippen LogP contribution in [0.15, 0.2) is 72.8 Å². The summed E-state index contributed by atoms with van der Waals surface area (Å²) in [6.07, 6.45) is 0. The van der Waals surface area contributed by atoms with Crippen LogP contribution in [0.1, 0.15) is 15.2 Å². The predicted molar refractivity (Wildman–Crippen MR) is 130 cm³/mol. The lowest BCUT2D eigenvalue weighted by atomic mass is 10.1. The van der Waals surface area contributed by atoms with E-state index in [4.69, 9.17) is 43.9 Å². The number of esters is 1. The highest BCUT2D eigenvalue weighted by Gasteiger charge is 2.12. The molecule has 4 aromatic rings. The molecule has 4 rings (SSSR count). The van der Waals surface area contributed by atoms with Gasteiger partial charge in [0.05, 0.1) is 23.0 Å². The first-order valence-electron chi connectivity index (χ1n) is 9.14. The molecule has 4 nitrogen and oxygen atoms in total. The van der Waals surface area contributed by atoms with Crippen molar-refractivity contribution >= 4 is 66.9 Å². The first kappa shape index (κ1) is 23.4. The molecule has 0 fully saturated rings. The summed E-state index contributed by atoms with van der Waals surface area (Å²) < 4.78 is 11.6. The fourth-order valence-electron chi connectivity index (χ4n) is 2.75. The molecule has 0 aliphatic heterocycles. The number of hydrogen-bond acceptors (Lipinski definition) is 5. The van der Waals surface area contributed by atoms with Gasteiger partial charge in [-0.1, -0.05) is 30.3 Å². The van der Waals surface area contributed by atoms with Crippen LogP contribution in [-0.2, 0) is 11.3 Å². The van der Waals surface area contributed by atoms with Crippen LogP contribution in [0.2, 0.25) is 0 Å². The summed E-state index contributed by atoms with van der Waals surface area (Å²) in [5.74, 6) is 0.478. The van der Waals surface area contributed by atoms with E-state index >= 15 is 0 Å². The molecule has 0 spiro atoms. The molecule has 0 saturated carbocycles. The maximum atomic E-state index is 11.7. The maximum Gasteiger partial charge on any atom is 0.450 e. The van der Waals surface area contributed by atoms with Gasteiger partial charge in [-0.3, -0.25) is 0 Å². The Balaban J connectivity index is 0.000000628. The van der Waals surface area contributed by atoms with Crippen molar-refractivity contribution in [2.75, 3.05) is 7.11 Å². The molecule has 2 aromatic carbocycles. The summed E-state index contributed by atoms with van der Waals surface area (Å²) >= 11 is 15.8. The Hall–Kier alpha value is -2.25. The van der Waals surface area contributed by atoms with Gasteiger partial charge in [-0.15, -0.1) is 11.3 Å². The van der Waals surface area contributed by atoms with Crippen LogP contribution in [-0.4, -0.2) is 23.0 Å². The van der Waals surface area contributed by atoms with Gasteiger partial charge in [0.15, 0.2) is 0 Å². The number of halogens is 3. The van der Waals surface area contributed by atoms with Crippen LogP contribution in [0.25, 0.3) is 21.5 Å². The molecule has 0 N–H and O–H groups in total. The first-order valence-corrected chi connectivity index (χ1v) is 11.3. The van der Waals surface area contributed by atoms with Gasteiger partial charge in [-0.2, -0.15) is 34.4 Å². The number of fused-ring (bicyclic) bond motifs is 1. The largest absolute Gasteiger partial charge is 0.489 e. The lowest BCUT2D eigenvalue weighted by Gasteiger charge is -2.07.